The summed E-state index contributed by atoms with van der Waals surface area (Å²) in [6.45, 7) is 8.25. The number of aryl methyl sites for hydroxylation is 1. The summed E-state index contributed by atoms with van der Waals surface area (Å²) in [7, 11) is 0. The van der Waals surface area contributed by atoms with Gasteiger partial charge in [-0.2, -0.15) is 18.2 Å². The van der Waals surface area contributed by atoms with Crippen molar-refractivity contribution in [2.45, 2.75) is 58.7 Å². The molecular weight excluding hydrogens is 465 g/mol. The fourth-order valence-corrected chi connectivity index (χ4v) is 5.43. The number of aromatic nitrogens is 4. The van der Waals surface area contributed by atoms with Crippen molar-refractivity contribution >= 4 is 27.9 Å². The molecule has 0 aliphatic heterocycles. The van der Waals surface area contributed by atoms with Gasteiger partial charge in [0.05, 0.1) is 17.8 Å². The van der Waals surface area contributed by atoms with Crippen LogP contribution in [0.1, 0.15) is 44.5 Å². The molecule has 34 heavy (non-hydrogen) atoms. The van der Waals surface area contributed by atoms with Crippen LogP contribution in [-0.4, -0.2) is 51.5 Å². The van der Waals surface area contributed by atoms with Crippen LogP contribution in [0.5, 0.6) is 5.75 Å². The number of halogens is 3. The number of rotatable bonds is 10. The smallest absolute Gasteiger partial charge is 0.389 e. The second-order valence-corrected chi connectivity index (χ2v) is 10.1. The highest BCUT2D eigenvalue weighted by molar-refractivity contribution is 7.15. The molecule has 186 valence electrons. The van der Waals surface area contributed by atoms with Gasteiger partial charge in [0.2, 0.25) is 5.95 Å². The minimum atomic E-state index is -4.18. The second kappa shape index (κ2) is 10.4. The Bertz CT molecular complexity index is 1080. The Morgan fingerprint density at radius 2 is 2.15 bits per heavy atom. The number of alkyl halides is 3. The van der Waals surface area contributed by atoms with Crippen LogP contribution in [0.25, 0.3) is 5.65 Å². The first-order chi connectivity index (χ1) is 16.2. The number of nitrogens with zero attached hydrogens (tertiary/aromatic N) is 5. The zero-order valence-corrected chi connectivity index (χ0v) is 20.5. The van der Waals surface area contributed by atoms with Gasteiger partial charge in [0, 0.05) is 31.7 Å². The van der Waals surface area contributed by atoms with Gasteiger partial charge in [-0.1, -0.05) is 6.92 Å². The van der Waals surface area contributed by atoms with Crippen LogP contribution in [0.3, 0.4) is 0 Å². The number of pyridine rings is 1. The zero-order valence-electron chi connectivity index (χ0n) is 19.7. The molecule has 3 heterocycles. The van der Waals surface area contributed by atoms with Gasteiger partial charge in [-0.3, -0.25) is 0 Å². The summed E-state index contributed by atoms with van der Waals surface area (Å²) < 4.78 is 44.4. The third-order valence-electron chi connectivity index (χ3n) is 6.36. The van der Waals surface area contributed by atoms with Gasteiger partial charge >= 0.3 is 6.18 Å². The molecule has 11 heteroatoms. The molecule has 0 saturated heterocycles. The first-order valence-electron chi connectivity index (χ1n) is 11.7. The van der Waals surface area contributed by atoms with Crippen molar-refractivity contribution in [3.05, 3.63) is 29.5 Å². The molecule has 1 aliphatic rings. The molecule has 0 aromatic carbocycles. The van der Waals surface area contributed by atoms with Gasteiger partial charge in [-0.15, -0.1) is 16.4 Å². The van der Waals surface area contributed by atoms with E-state index < -0.39 is 12.6 Å². The highest BCUT2D eigenvalue weighted by Crippen LogP contribution is 2.35. The summed E-state index contributed by atoms with van der Waals surface area (Å²) in [6.07, 6.45) is 0.810. The molecule has 0 bridgehead atoms. The highest BCUT2D eigenvalue weighted by atomic mass is 32.1. The highest BCUT2D eigenvalue weighted by Gasteiger charge is 2.35. The van der Waals surface area contributed by atoms with Gasteiger partial charge in [0.15, 0.2) is 11.4 Å². The maximum absolute atomic E-state index is 12.4. The van der Waals surface area contributed by atoms with Crippen molar-refractivity contribution < 1.29 is 17.9 Å². The van der Waals surface area contributed by atoms with Crippen molar-refractivity contribution in [3.8, 4) is 5.75 Å². The number of anilines is 2. The number of nitrogens with one attached hydrogen (secondary N) is 1. The lowest BCUT2D eigenvalue weighted by Crippen LogP contribution is -2.38. The lowest BCUT2D eigenvalue weighted by molar-refractivity contribution is -0.136. The van der Waals surface area contributed by atoms with E-state index in [1.165, 1.54) is 5.00 Å². The Kier molecular flexibility index (Phi) is 7.49. The van der Waals surface area contributed by atoms with E-state index in [-0.39, 0.29) is 19.1 Å². The fraction of sp³-hybridized carbons (Fsp3) is 0.609. The van der Waals surface area contributed by atoms with Crippen molar-refractivity contribution in [2.24, 2.45) is 11.8 Å². The fourth-order valence-electron chi connectivity index (χ4n) is 4.58. The Labute approximate surface area is 201 Å². The summed E-state index contributed by atoms with van der Waals surface area (Å²) >= 11 is 1.71. The van der Waals surface area contributed by atoms with Gasteiger partial charge in [-0.05, 0) is 57.1 Å². The molecule has 1 saturated carbocycles. The average molecular weight is 497 g/mol. The SMILES string of the molecule is CCN(C[C@@H]1CC[C@H](C)[C@H]1Nc1nc2c(OCCCC(F)(F)F)cccn2n1)c1cnc(C)s1. The average Bonchev–Trinajstić information content (AvgIpc) is 3.49. The lowest BCUT2D eigenvalue weighted by atomic mass is 9.98. The van der Waals surface area contributed by atoms with Crippen molar-refractivity contribution in [1.82, 2.24) is 19.6 Å². The molecule has 0 spiro atoms. The molecule has 1 aliphatic carbocycles. The van der Waals surface area contributed by atoms with E-state index in [0.29, 0.717) is 29.2 Å². The maximum Gasteiger partial charge on any atom is 0.389 e. The van der Waals surface area contributed by atoms with E-state index in [9.17, 15) is 13.2 Å². The lowest BCUT2D eigenvalue weighted by Gasteiger charge is -2.29. The topological polar surface area (TPSA) is 67.6 Å². The molecule has 3 aromatic rings. The van der Waals surface area contributed by atoms with Crippen molar-refractivity contribution in [1.29, 1.82) is 0 Å². The largest absolute Gasteiger partial charge is 0.490 e. The summed E-state index contributed by atoms with van der Waals surface area (Å²) in [5.74, 6) is 1.84. The van der Waals surface area contributed by atoms with E-state index in [1.807, 2.05) is 13.1 Å². The Morgan fingerprint density at radius 3 is 2.85 bits per heavy atom. The molecule has 0 unspecified atom stereocenters. The third-order valence-corrected chi connectivity index (χ3v) is 7.33. The predicted molar refractivity (Wildman–Crippen MR) is 128 cm³/mol. The van der Waals surface area contributed by atoms with Gasteiger partial charge in [0.25, 0.3) is 0 Å². The monoisotopic (exact) mass is 496 g/mol. The molecule has 1 fully saturated rings. The summed E-state index contributed by atoms with van der Waals surface area (Å²) in [5, 5.41) is 10.3. The molecule has 3 atom stereocenters. The summed E-state index contributed by atoms with van der Waals surface area (Å²) in [6, 6.07) is 3.68. The van der Waals surface area contributed by atoms with Crippen molar-refractivity contribution in [3.63, 3.8) is 0 Å². The molecule has 4 rings (SSSR count). The summed E-state index contributed by atoms with van der Waals surface area (Å²) in [4.78, 5) is 11.4. The maximum atomic E-state index is 12.4. The number of hydrogen-bond donors (Lipinski definition) is 1. The minimum absolute atomic E-state index is 0.0273. The van der Waals surface area contributed by atoms with Crippen LogP contribution in [0, 0.1) is 18.8 Å². The van der Waals surface area contributed by atoms with Gasteiger partial charge < -0.3 is 15.0 Å². The van der Waals surface area contributed by atoms with E-state index >= 15 is 0 Å². The molecule has 7 nitrogen and oxygen atoms in total. The molecule has 0 amide bonds. The minimum Gasteiger partial charge on any atom is -0.490 e. The normalized spacial score (nSPS) is 20.7. The van der Waals surface area contributed by atoms with Gasteiger partial charge in [0.1, 0.15) is 5.00 Å². The molecule has 1 N–H and O–H groups in total. The predicted octanol–water partition coefficient (Wildman–Crippen LogP) is 5.57. The molecular formula is C23H31F3N6OS. The van der Waals surface area contributed by atoms with E-state index in [0.717, 1.165) is 30.9 Å². The number of hydrogen-bond acceptors (Lipinski definition) is 7. The molecule has 0 radical (unpaired) electrons. The standard InChI is InChI=1S/C23H31F3N6OS/c1-4-31(19-13-27-16(3)34-19)14-17-9-8-15(2)20(17)28-22-29-21-18(7-5-11-32(21)30-22)33-12-6-10-23(24,25)26/h5,7,11,13,15,17,20H,4,6,8-10,12,14H2,1-3H3,(H,28,30)/t15-,17-,20+/m0/s1. The third kappa shape index (κ3) is 5.92. The van der Waals surface area contributed by atoms with Gasteiger partial charge in [-0.25, -0.2) is 9.50 Å². The van der Waals surface area contributed by atoms with Crippen LogP contribution in [0.4, 0.5) is 24.1 Å². The van der Waals surface area contributed by atoms with Crippen LogP contribution >= 0.6 is 11.3 Å². The first kappa shape index (κ1) is 24.6. The number of fused-ring (bicyclic) bond motifs is 1. The second-order valence-electron chi connectivity index (χ2n) is 8.88. The van der Waals surface area contributed by atoms with E-state index in [2.05, 4.69) is 39.1 Å². The summed E-state index contributed by atoms with van der Waals surface area (Å²) in [5.41, 5.74) is 0.495. The Morgan fingerprint density at radius 1 is 1.32 bits per heavy atom. The van der Waals surface area contributed by atoms with Crippen LogP contribution in [-0.2, 0) is 0 Å². The first-order valence-corrected chi connectivity index (χ1v) is 12.5. The number of thiazole rings is 1. The van der Waals surface area contributed by atoms with E-state index in [4.69, 9.17) is 4.74 Å². The van der Waals surface area contributed by atoms with Crippen LogP contribution in [0.15, 0.2) is 24.5 Å². The van der Waals surface area contributed by atoms with Crippen LogP contribution < -0.4 is 15.0 Å². The number of ether oxygens (including phenoxy) is 1. The quantitative estimate of drug-likeness (QED) is 0.370. The van der Waals surface area contributed by atoms with E-state index in [1.54, 1.807) is 34.2 Å². The Hall–Kier alpha value is -2.56. The molecule has 3 aromatic heterocycles. The zero-order chi connectivity index (χ0) is 24.3. The van der Waals surface area contributed by atoms with Crippen LogP contribution in [0.2, 0.25) is 0 Å². The van der Waals surface area contributed by atoms with Crippen molar-refractivity contribution in [2.75, 3.05) is 29.9 Å². The Balaban J connectivity index is 1.44.